The Bertz CT molecular complexity index is 488. The second kappa shape index (κ2) is 10.8. The number of thioether (sulfide) groups is 1. The minimum Gasteiger partial charge on any atom is -0.511 e. The summed E-state index contributed by atoms with van der Waals surface area (Å²) in [6, 6.07) is 0. The molecule has 0 fully saturated rings. The maximum absolute atomic E-state index is 12.4. The first-order chi connectivity index (χ1) is 11.0. The topological polar surface area (TPSA) is 58.9 Å². The van der Waals surface area contributed by atoms with E-state index in [0.717, 1.165) is 12.2 Å². The first-order valence-corrected chi connectivity index (χ1v) is 9.53. The molecule has 130 valence electrons. The van der Waals surface area contributed by atoms with Gasteiger partial charge >= 0.3 is 0 Å². The highest BCUT2D eigenvalue weighted by Gasteiger charge is 2.31. The van der Waals surface area contributed by atoms with Crippen LogP contribution in [0.4, 0.5) is 0 Å². The van der Waals surface area contributed by atoms with E-state index < -0.39 is 0 Å². The van der Waals surface area contributed by atoms with Gasteiger partial charge in [-0.1, -0.05) is 37.5 Å². The predicted octanol–water partition coefficient (Wildman–Crippen LogP) is 4.84. The van der Waals surface area contributed by atoms with E-state index in [4.69, 9.17) is 16.4 Å². The summed E-state index contributed by atoms with van der Waals surface area (Å²) >= 11 is 7.30. The van der Waals surface area contributed by atoms with Crippen LogP contribution in [0, 0.1) is 5.92 Å². The van der Waals surface area contributed by atoms with Crippen LogP contribution in [-0.4, -0.2) is 34.2 Å². The van der Waals surface area contributed by atoms with Crippen molar-refractivity contribution in [3.05, 3.63) is 22.9 Å². The lowest BCUT2D eigenvalue weighted by molar-refractivity contribution is -0.116. The fraction of sp³-hybridized carbons (Fsp3) is 0.647. The Balaban J connectivity index is 2.79. The number of carbonyl (C=O) groups is 1. The Morgan fingerprint density at radius 1 is 1.52 bits per heavy atom. The van der Waals surface area contributed by atoms with Crippen LogP contribution in [0.25, 0.3) is 0 Å². The molecule has 0 aromatic carbocycles. The lowest BCUT2D eigenvalue weighted by atomic mass is 9.82. The number of carbonyl (C=O) groups excluding carboxylic acids is 1. The molecular formula is C17H26ClNO3S. The molecule has 0 aliphatic heterocycles. The molecule has 1 rings (SSSR count). The smallest absolute Gasteiger partial charge is 0.168 e. The SMILES string of the molecule is CCS[C@H](C)C[C@H]1CC(=O)C(/C(CC)=N/OC/C=C/Cl)=C(O)C1. The summed E-state index contributed by atoms with van der Waals surface area (Å²) in [5.41, 5.74) is 2.20. The van der Waals surface area contributed by atoms with Gasteiger partial charge < -0.3 is 9.94 Å². The third-order valence-electron chi connectivity index (χ3n) is 3.70. The van der Waals surface area contributed by atoms with Gasteiger partial charge in [0.15, 0.2) is 5.78 Å². The minimum absolute atomic E-state index is 0.0375. The normalized spacial score (nSPS) is 21.1. The van der Waals surface area contributed by atoms with E-state index in [1.807, 2.05) is 18.7 Å². The number of Topliss-reactive ketones (excluding diaryl/α,β-unsaturated/α-hetero) is 1. The molecule has 0 aromatic rings. The van der Waals surface area contributed by atoms with Gasteiger partial charge in [0.2, 0.25) is 0 Å². The van der Waals surface area contributed by atoms with Gasteiger partial charge in [0.05, 0.1) is 11.3 Å². The predicted molar refractivity (Wildman–Crippen MR) is 98.3 cm³/mol. The van der Waals surface area contributed by atoms with Gasteiger partial charge in [-0.15, -0.1) is 0 Å². The zero-order chi connectivity index (χ0) is 17.2. The molecule has 0 amide bonds. The van der Waals surface area contributed by atoms with Crippen molar-refractivity contribution in [2.45, 2.75) is 51.7 Å². The molecule has 1 N–H and O–H groups in total. The van der Waals surface area contributed by atoms with Crippen LogP contribution in [0.2, 0.25) is 0 Å². The number of hydrogen-bond donors (Lipinski definition) is 1. The van der Waals surface area contributed by atoms with Crippen LogP contribution in [0.15, 0.2) is 28.1 Å². The molecule has 4 nitrogen and oxygen atoms in total. The molecule has 0 unspecified atom stereocenters. The number of halogens is 1. The van der Waals surface area contributed by atoms with Crippen molar-refractivity contribution in [2.75, 3.05) is 12.4 Å². The maximum atomic E-state index is 12.4. The molecule has 2 atom stereocenters. The monoisotopic (exact) mass is 359 g/mol. The molecular weight excluding hydrogens is 334 g/mol. The summed E-state index contributed by atoms with van der Waals surface area (Å²) in [7, 11) is 0. The van der Waals surface area contributed by atoms with Gasteiger partial charge in [0.25, 0.3) is 0 Å². The van der Waals surface area contributed by atoms with E-state index in [-0.39, 0.29) is 24.1 Å². The van der Waals surface area contributed by atoms with Crippen LogP contribution < -0.4 is 0 Å². The lowest BCUT2D eigenvalue weighted by Crippen LogP contribution is -2.26. The highest BCUT2D eigenvalue weighted by Crippen LogP contribution is 2.32. The molecule has 0 aromatic heterocycles. The number of aliphatic hydroxyl groups is 1. The fourth-order valence-electron chi connectivity index (χ4n) is 2.77. The summed E-state index contributed by atoms with van der Waals surface area (Å²) in [5.74, 6) is 1.38. The number of rotatable bonds is 9. The molecule has 0 bridgehead atoms. The molecule has 6 heteroatoms. The van der Waals surface area contributed by atoms with Crippen molar-refractivity contribution in [2.24, 2.45) is 11.1 Å². The van der Waals surface area contributed by atoms with Gasteiger partial charge in [-0.05, 0) is 30.6 Å². The van der Waals surface area contributed by atoms with Crippen molar-refractivity contribution >= 4 is 34.9 Å². The van der Waals surface area contributed by atoms with Crippen molar-refractivity contribution in [1.29, 1.82) is 0 Å². The summed E-state index contributed by atoms with van der Waals surface area (Å²) in [6.07, 6.45) is 4.09. The maximum Gasteiger partial charge on any atom is 0.168 e. The first-order valence-electron chi connectivity index (χ1n) is 8.04. The van der Waals surface area contributed by atoms with Crippen LogP contribution in [0.5, 0.6) is 0 Å². The zero-order valence-corrected chi connectivity index (χ0v) is 15.6. The van der Waals surface area contributed by atoms with E-state index in [1.165, 1.54) is 5.54 Å². The first kappa shape index (κ1) is 20.1. The Morgan fingerprint density at radius 2 is 2.26 bits per heavy atom. The van der Waals surface area contributed by atoms with Crippen molar-refractivity contribution in [1.82, 2.24) is 0 Å². The van der Waals surface area contributed by atoms with E-state index in [2.05, 4.69) is 19.0 Å². The molecule has 0 spiro atoms. The van der Waals surface area contributed by atoms with Gasteiger partial charge in [-0.25, -0.2) is 0 Å². The van der Waals surface area contributed by atoms with Gasteiger partial charge in [-0.2, -0.15) is 11.8 Å². The Hall–Kier alpha value is -0.940. The summed E-state index contributed by atoms with van der Waals surface area (Å²) in [6.45, 7) is 6.43. The highest BCUT2D eigenvalue weighted by molar-refractivity contribution is 7.99. The minimum atomic E-state index is -0.0375. The number of hydrogen-bond acceptors (Lipinski definition) is 5. The number of nitrogens with zero attached hydrogens (tertiary/aromatic N) is 1. The summed E-state index contributed by atoms with van der Waals surface area (Å²) in [4.78, 5) is 17.6. The Labute approximate surface area is 148 Å². The van der Waals surface area contributed by atoms with E-state index >= 15 is 0 Å². The average Bonchev–Trinajstić information content (AvgIpc) is 2.49. The van der Waals surface area contributed by atoms with E-state index in [0.29, 0.717) is 35.8 Å². The molecule has 23 heavy (non-hydrogen) atoms. The van der Waals surface area contributed by atoms with E-state index in [9.17, 15) is 9.90 Å². The number of oxime groups is 1. The van der Waals surface area contributed by atoms with Gasteiger partial charge in [-0.3, -0.25) is 4.79 Å². The van der Waals surface area contributed by atoms with E-state index in [1.54, 1.807) is 6.08 Å². The fourth-order valence-corrected chi connectivity index (χ4v) is 3.82. The molecule has 0 saturated carbocycles. The van der Waals surface area contributed by atoms with Crippen LogP contribution in [0.1, 0.15) is 46.5 Å². The quantitative estimate of drug-likeness (QED) is 0.363. The average molecular weight is 360 g/mol. The van der Waals surface area contributed by atoms with Crippen molar-refractivity contribution in [3.8, 4) is 0 Å². The molecule has 0 heterocycles. The van der Waals surface area contributed by atoms with Crippen LogP contribution >= 0.6 is 23.4 Å². The van der Waals surface area contributed by atoms with Crippen molar-refractivity contribution < 1.29 is 14.7 Å². The third-order valence-corrected chi connectivity index (χ3v) is 4.97. The van der Waals surface area contributed by atoms with Gasteiger partial charge in [0, 0.05) is 23.6 Å². The second-order valence-electron chi connectivity index (χ2n) is 5.57. The number of aliphatic hydroxyl groups excluding tert-OH is 1. The van der Waals surface area contributed by atoms with Gasteiger partial charge in [0.1, 0.15) is 12.4 Å². The summed E-state index contributed by atoms with van der Waals surface area (Å²) < 4.78 is 0. The Morgan fingerprint density at radius 3 is 2.83 bits per heavy atom. The zero-order valence-electron chi connectivity index (χ0n) is 14.0. The highest BCUT2D eigenvalue weighted by atomic mass is 35.5. The second-order valence-corrected chi connectivity index (χ2v) is 7.54. The van der Waals surface area contributed by atoms with Crippen molar-refractivity contribution in [3.63, 3.8) is 0 Å². The largest absolute Gasteiger partial charge is 0.511 e. The number of ketones is 1. The standard InChI is InChI=1S/C17H26ClNO3S/c1-4-14(19-22-8-6-7-18)17-15(20)10-13(11-16(17)21)9-12(3)23-5-2/h6-7,12-13,20H,4-5,8-11H2,1-3H3/b7-6+,19-14+/t12-,13-/m1/s1. The number of allylic oxidation sites excluding steroid dienone is 2. The lowest BCUT2D eigenvalue weighted by Gasteiger charge is -2.25. The molecule has 1 aliphatic rings. The third kappa shape index (κ3) is 6.60. The van der Waals surface area contributed by atoms with Crippen LogP contribution in [-0.2, 0) is 9.63 Å². The molecule has 0 radical (unpaired) electrons. The Kier molecular flexibility index (Phi) is 9.41. The molecule has 0 saturated heterocycles. The summed E-state index contributed by atoms with van der Waals surface area (Å²) in [5, 5.41) is 14.8. The molecule has 1 aliphatic carbocycles. The van der Waals surface area contributed by atoms with Crippen LogP contribution in [0.3, 0.4) is 0 Å².